The predicted molar refractivity (Wildman–Crippen MR) is 74.3 cm³/mol. The van der Waals surface area contributed by atoms with Crippen molar-refractivity contribution in [1.29, 1.82) is 0 Å². The molecule has 18 heavy (non-hydrogen) atoms. The van der Waals surface area contributed by atoms with Crippen LogP contribution in [-0.2, 0) is 17.9 Å². The highest BCUT2D eigenvalue weighted by atomic mass is 16.2. The molecule has 102 valence electrons. The molecular weight excluding hydrogens is 226 g/mol. The van der Waals surface area contributed by atoms with Gasteiger partial charge in [-0.05, 0) is 45.9 Å². The Morgan fingerprint density at radius 3 is 2.72 bits per heavy atom. The van der Waals surface area contributed by atoms with E-state index < -0.39 is 0 Å². The van der Waals surface area contributed by atoms with E-state index in [1.54, 1.807) is 0 Å². The molecule has 0 saturated carbocycles. The normalized spacial score (nSPS) is 11.6. The number of hydrogen-bond donors (Lipinski definition) is 2. The fraction of sp³-hybridized carbons (Fsp3) is 0.643. The molecule has 0 radical (unpaired) electrons. The van der Waals surface area contributed by atoms with Gasteiger partial charge in [0.1, 0.15) is 6.54 Å². The van der Waals surface area contributed by atoms with Crippen molar-refractivity contribution in [1.82, 2.24) is 15.2 Å². The molecule has 0 saturated heterocycles. The first-order valence-corrected chi connectivity index (χ1v) is 6.58. The zero-order valence-corrected chi connectivity index (χ0v) is 11.9. The predicted octanol–water partition coefficient (Wildman–Crippen LogP) is 1.90. The van der Waals surface area contributed by atoms with Crippen LogP contribution in [-0.4, -0.2) is 22.6 Å². The lowest BCUT2D eigenvalue weighted by atomic mass is 10.1. The number of rotatable bonds is 6. The zero-order chi connectivity index (χ0) is 13.6. The third-order valence-electron chi connectivity index (χ3n) is 2.48. The van der Waals surface area contributed by atoms with E-state index >= 15 is 0 Å². The number of carbonyl (C=O) groups is 1. The molecule has 0 bridgehead atoms. The summed E-state index contributed by atoms with van der Waals surface area (Å²) in [5.41, 5.74) is 0.970. The van der Waals surface area contributed by atoms with Gasteiger partial charge in [0.15, 0.2) is 0 Å². The fourth-order valence-corrected chi connectivity index (χ4v) is 1.77. The standard InChI is InChI=1S/C14H25N3O/c1-5-8-15-10-12-7-6-9-17(12)11-13(18)16-14(2,3)4/h6-7,9,15H,5,8,10-11H2,1-4H3,(H,16,18). The van der Waals surface area contributed by atoms with Crippen LogP contribution in [0.4, 0.5) is 0 Å². The van der Waals surface area contributed by atoms with Gasteiger partial charge >= 0.3 is 0 Å². The molecule has 0 fully saturated rings. The Morgan fingerprint density at radius 2 is 2.11 bits per heavy atom. The van der Waals surface area contributed by atoms with Crippen LogP contribution >= 0.6 is 0 Å². The summed E-state index contributed by atoms with van der Waals surface area (Å²) < 4.78 is 1.99. The minimum Gasteiger partial charge on any atom is -0.350 e. The monoisotopic (exact) mass is 251 g/mol. The minimum atomic E-state index is -0.176. The van der Waals surface area contributed by atoms with Crippen LogP contribution in [0.15, 0.2) is 18.3 Å². The van der Waals surface area contributed by atoms with Crippen molar-refractivity contribution in [2.24, 2.45) is 0 Å². The van der Waals surface area contributed by atoms with E-state index in [2.05, 4.69) is 17.6 Å². The van der Waals surface area contributed by atoms with Crippen molar-refractivity contribution in [3.05, 3.63) is 24.0 Å². The van der Waals surface area contributed by atoms with E-state index in [-0.39, 0.29) is 11.4 Å². The highest BCUT2D eigenvalue weighted by molar-refractivity contribution is 5.76. The van der Waals surface area contributed by atoms with Gasteiger partial charge in [-0.25, -0.2) is 0 Å². The number of carbonyl (C=O) groups excluding carboxylic acids is 1. The van der Waals surface area contributed by atoms with Crippen molar-refractivity contribution in [2.45, 2.75) is 52.7 Å². The molecule has 0 aliphatic carbocycles. The van der Waals surface area contributed by atoms with E-state index in [0.717, 1.165) is 25.2 Å². The Balaban J connectivity index is 2.51. The summed E-state index contributed by atoms with van der Waals surface area (Å²) in [5, 5.41) is 6.32. The quantitative estimate of drug-likeness (QED) is 0.759. The summed E-state index contributed by atoms with van der Waals surface area (Å²) in [6, 6.07) is 4.03. The Labute approximate surface area is 110 Å². The summed E-state index contributed by atoms with van der Waals surface area (Å²) in [5.74, 6) is 0.0513. The third kappa shape index (κ3) is 5.36. The molecule has 1 amide bonds. The maximum atomic E-state index is 11.9. The lowest BCUT2D eigenvalue weighted by molar-refractivity contribution is -0.123. The van der Waals surface area contributed by atoms with Crippen LogP contribution in [0, 0.1) is 0 Å². The second kappa shape index (κ2) is 6.59. The van der Waals surface area contributed by atoms with Gasteiger partial charge in [-0.3, -0.25) is 4.79 Å². The number of aromatic nitrogens is 1. The molecule has 0 unspecified atom stereocenters. The topological polar surface area (TPSA) is 46.1 Å². The van der Waals surface area contributed by atoms with E-state index in [9.17, 15) is 4.79 Å². The van der Waals surface area contributed by atoms with E-state index in [1.165, 1.54) is 0 Å². The van der Waals surface area contributed by atoms with Gasteiger partial charge in [0, 0.05) is 24.0 Å². The smallest absolute Gasteiger partial charge is 0.240 e. The lowest BCUT2D eigenvalue weighted by Crippen LogP contribution is -2.42. The SMILES string of the molecule is CCCNCc1cccn1CC(=O)NC(C)(C)C. The summed E-state index contributed by atoms with van der Waals surface area (Å²) in [6.07, 6.45) is 3.07. The van der Waals surface area contributed by atoms with Crippen LogP contribution in [0.2, 0.25) is 0 Å². The molecule has 1 aromatic heterocycles. The number of nitrogens with zero attached hydrogens (tertiary/aromatic N) is 1. The molecule has 2 N–H and O–H groups in total. The first kappa shape index (κ1) is 14.8. The summed E-state index contributed by atoms with van der Waals surface area (Å²) in [4.78, 5) is 11.9. The molecule has 0 spiro atoms. The molecule has 0 atom stereocenters. The van der Waals surface area contributed by atoms with E-state index in [1.807, 2.05) is 43.7 Å². The van der Waals surface area contributed by atoms with Crippen molar-refractivity contribution < 1.29 is 4.79 Å². The zero-order valence-electron chi connectivity index (χ0n) is 11.9. The van der Waals surface area contributed by atoms with Crippen LogP contribution in [0.5, 0.6) is 0 Å². The summed E-state index contributed by atoms with van der Waals surface area (Å²) in [7, 11) is 0. The molecule has 0 aliphatic rings. The average Bonchev–Trinajstić information content (AvgIpc) is 2.63. The second-order valence-electron chi connectivity index (χ2n) is 5.60. The highest BCUT2D eigenvalue weighted by Crippen LogP contribution is 2.04. The minimum absolute atomic E-state index is 0.0513. The van der Waals surface area contributed by atoms with Gasteiger partial charge in [-0.1, -0.05) is 6.92 Å². The van der Waals surface area contributed by atoms with Gasteiger partial charge in [-0.2, -0.15) is 0 Å². The molecule has 4 heteroatoms. The van der Waals surface area contributed by atoms with Crippen LogP contribution in [0.1, 0.15) is 39.8 Å². The molecular formula is C14H25N3O. The molecule has 1 aromatic rings. The Morgan fingerprint density at radius 1 is 1.39 bits per heavy atom. The van der Waals surface area contributed by atoms with Gasteiger partial charge in [0.25, 0.3) is 0 Å². The molecule has 0 aliphatic heterocycles. The molecule has 0 aromatic carbocycles. The van der Waals surface area contributed by atoms with Crippen molar-refractivity contribution in [3.8, 4) is 0 Å². The first-order chi connectivity index (χ1) is 8.42. The van der Waals surface area contributed by atoms with Crippen molar-refractivity contribution >= 4 is 5.91 Å². The molecule has 1 heterocycles. The van der Waals surface area contributed by atoms with Gasteiger partial charge in [-0.15, -0.1) is 0 Å². The van der Waals surface area contributed by atoms with Gasteiger partial charge in [0.05, 0.1) is 0 Å². The first-order valence-electron chi connectivity index (χ1n) is 6.58. The summed E-state index contributed by atoms with van der Waals surface area (Å²) >= 11 is 0. The van der Waals surface area contributed by atoms with E-state index in [0.29, 0.717) is 6.54 Å². The third-order valence-corrected chi connectivity index (χ3v) is 2.48. The van der Waals surface area contributed by atoms with E-state index in [4.69, 9.17) is 0 Å². The largest absolute Gasteiger partial charge is 0.350 e. The molecule has 4 nitrogen and oxygen atoms in total. The maximum absolute atomic E-state index is 11.9. The second-order valence-corrected chi connectivity index (χ2v) is 5.60. The Kier molecular flexibility index (Phi) is 5.41. The highest BCUT2D eigenvalue weighted by Gasteiger charge is 2.14. The fourth-order valence-electron chi connectivity index (χ4n) is 1.77. The van der Waals surface area contributed by atoms with Gasteiger partial charge < -0.3 is 15.2 Å². The number of nitrogens with one attached hydrogen (secondary N) is 2. The lowest BCUT2D eigenvalue weighted by Gasteiger charge is -2.21. The number of hydrogen-bond acceptors (Lipinski definition) is 2. The Bertz CT molecular complexity index is 377. The van der Waals surface area contributed by atoms with Gasteiger partial charge in [0.2, 0.25) is 5.91 Å². The average molecular weight is 251 g/mol. The van der Waals surface area contributed by atoms with Crippen LogP contribution in [0.25, 0.3) is 0 Å². The van der Waals surface area contributed by atoms with Crippen molar-refractivity contribution in [3.63, 3.8) is 0 Å². The van der Waals surface area contributed by atoms with Crippen LogP contribution in [0.3, 0.4) is 0 Å². The summed E-state index contributed by atoms with van der Waals surface area (Å²) in [6.45, 7) is 10.3. The van der Waals surface area contributed by atoms with Crippen LogP contribution < -0.4 is 10.6 Å². The van der Waals surface area contributed by atoms with Crippen molar-refractivity contribution in [2.75, 3.05) is 6.54 Å². The number of amides is 1. The Hall–Kier alpha value is -1.29. The molecule has 1 rings (SSSR count). The maximum Gasteiger partial charge on any atom is 0.240 e.